The average molecular weight is 269 g/mol. The molecule has 17 heavy (non-hydrogen) atoms. The maximum absolute atomic E-state index is 5.25. The third-order valence-electron chi connectivity index (χ3n) is 2.46. The Morgan fingerprint density at radius 2 is 2.41 bits per heavy atom. The summed E-state index contributed by atoms with van der Waals surface area (Å²) < 4.78 is 7.35. The second-order valence-corrected chi connectivity index (χ2v) is 5.26. The second-order valence-electron chi connectivity index (χ2n) is 3.60. The summed E-state index contributed by atoms with van der Waals surface area (Å²) in [6.07, 6.45) is 5.89. The predicted molar refractivity (Wildman–Crippen MR) is 70.6 cm³/mol. The zero-order chi connectivity index (χ0) is 12.3. The highest BCUT2D eigenvalue weighted by Gasteiger charge is 2.10. The Hall–Kier alpha value is -0.850. The summed E-state index contributed by atoms with van der Waals surface area (Å²) in [5.41, 5.74) is 1.06. The summed E-state index contributed by atoms with van der Waals surface area (Å²) in [7, 11) is 1.70. The minimum absolute atomic E-state index is 0.0663. The van der Waals surface area contributed by atoms with Crippen LogP contribution in [0, 0.1) is 0 Å². The number of thioether (sulfide) groups is 1. The van der Waals surface area contributed by atoms with Gasteiger partial charge in [0.15, 0.2) is 5.16 Å². The lowest BCUT2D eigenvalue weighted by Crippen LogP contribution is -2.01. The first-order valence-corrected chi connectivity index (χ1v) is 7.37. The summed E-state index contributed by atoms with van der Waals surface area (Å²) >= 11 is 3.28. The molecule has 6 heteroatoms. The van der Waals surface area contributed by atoms with E-state index in [2.05, 4.69) is 19.9 Å². The maximum atomic E-state index is 5.25. The molecule has 92 valence electrons. The zero-order valence-corrected chi connectivity index (χ0v) is 11.7. The Bertz CT molecular complexity index is 481. The van der Waals surface area contributed by atoms with Gasteiger partial charge in [0.25, 0.3) is 0 Å². The van der Waals surface area contributed by atoms with Gasteiger partial charge in [0.1, 0.15) is 11.1 Å². The van der Waals surface area contributed by atoms with Gasteiger partial charge in [-0.3, -0.25) is 0 Å². The number of hydrogen-bond donors (Lipinski definition) is 0. The van der Waals surface area contributed by atoms with Crippen LogP contribution in [0.2, 0.25) is 0 Å². The van der Waals surface area contributed by atoms with Crippen LogP contribution >= 0.6 is 23.1 Å². The molecule has 2 heterocycles. The van der Waals surface area contributed by atoms with Gasteiger partial charge >= 0.3 is 0 Å². The Morgan fingerprint density at radius 1 is 1.59 bits per heavy atom. The molecule has 2 aromatic heterocycles. The van der Waals surface area contributed by atoms with Gasteiger partial charge in [0.05, 0.1) is 12.2 Å². The van der Waals surface area contributed by atoms with Gasteiger partial charge in [-0.25, -0.2) is 9.97 Å². The van der Waals surface area contributed by atoms with Crippen molar-refractivity contribution in [1.82, 2.24) is 14.5 Å². The van der Waals surface area contributed by atoms with Crippen molar-refractivity contribution in [3.8, 4) is 0 Å². The van der Waals surface area contributed by atoms with Crippen LogP contribution in [0.4, 0.5) is 0 Å². The first-order valence-electron chi connectivity index (χ1n) is 5.26. The van der Waals surface area contributed by atoms with Crippen LogP contribution in [0.15, 0.2) is 22.9 Å². The summed E-state index contributed by atoms with van der Waals surface area (Å²) in [6.45, 7) is 2.77. The first-order chi connectivity index (χ1) is 8.24. The molecule has 0 bridgehead atoms. The molecule has 0 aliphatic heterocycles. The summed E-state index contributed by atoms with van der Waals surface area (Å²) in [4.78, 5) is 8.83. The molecule has 0 saturated heterocycles. The van der Waals surface area contributed by atoms with E-state index in [1.807, 2.05) is 25.6 Å². The molecule has 0 fully saturated rings. The van der Waals surface area contributed by atoms with Gasteiger partial charge in [-0.2, -0.15) is 0 Å². The number of methoxy groups -OCH3 is 1. The molecular weight excluding hydrogens is 254 g/mol. The second kappa shape index (κ2) is 5.66. The van der Waals surface area contributed by atoms with E-state index in [1.54, 1.807) is 30.2 Å². The molecule has 0 amide bonds. The molecule has 0 N–H and O–H groups in total. The number of ether oxygens (including phenoxy) is 1. The molecule has 0 aliphatic carbocycles. The maximum Gasteiger partial charge on any atom is 0.168 e. The van der Waals surface area contributed by atoms with Crippen LogP contribution in [0.25, 0.3) is 0 Å². The van der Waals surface area contributed by atoms with Gasteiger partial charge in [0, 0.05) is 24.9 Å². The number of nitrogens with zero attached hydrogens (tertiary/aromatic N) is 3. The molecule has 2 aromatic rings. The SMILES string of the molecule is CO[C@H](C)c1nc(Cn2ccnc2SC)cs1. The van der Waals surface area contributed by atoms with Crippen LogP contribution in [0.5, 0.6) is 0 Å². The van der Waals surface area contributed by atoms with Crippen molar-refractivity contribution in [1.29, 1.82) is 0 Å². The first kappa shape index (κ1) is 12.6. The highest BCUT2D eigenvalue weighted by atomic mass is 32.2. The van der Waals surface area contributed by atoms with Crippen LogP contribution < -0.4 is 0 Å². The Balaban J connectivity index is 2.11. The molecular formula is C11H15N3OS2. The number of hydrogen-bond acceptors (Lipinski definition) is 5. The lowest BCUT2D eigenvalue weighted by atomic mass is 10.4. The molecule has 1 atom stereocenters. The predicted octanol–water partition coefficient (Wildman–Crippen LogP) is 2.82. The molecule has 0 spiro atoms. The van der Waals surface area contributed by atoms with E-state index in [4.69, 9.17) is 4.74 Å². The highest BCUT2D eigenvalue weighted by molar-refractivity contribution is 7.98. The van der Waals surface area contributed by atoms with Gasteiger partial charge < -0.3 is 9.30 Å². The Labute approximate surface area is 109 Å². The number of thiazole rings is 1. The van der Waals surface area contributed by atoms with E-state index in [-0.39, 0.29) is 6.10 Å². The highest BCUT2D eigenvalue weighted by Crippen LogP contribution is 2.21. The fraction of sp³-hybridized carbons (Fsp3) is 0.455. The molecule has 2 rings (SSSR count). The van der Waals surface area contributed by atoms with Crippen LogP contribution in [-0.4, -0.2) is 27.9 Å². The molecule has 0 aliphatic rings. The van der Waals surface area contributed by atoms with E-state index in [9.17, 15) is 0 Å². The van der Waals surface area contributed by atoms with Crippen molar-refractivity contribution >= 4 is 23.1 Å². The normalized spacial score (nSPS) is 12.9. The van der Waals surface area contributed by atoms with E-state index in [0.29, 0.717) is 0 Å². The van der Waals surface area contributed by atoms with Gasteiger partial charge in [0.2, 0.25) is 0 Å². The van der Waals surface area contributed by atoms with Crippen molar-refractivity contribution in [2.75, 3.05) is 13.4 Å². The molecule has 0 unspecified atom stereocenters. The number of imidazole rings is 1. The monoisotopic (exact) mass is 269 g/mol. The lowest BCUT2D eigenvalue weighted by molar-refractivity contribution is 0.119. The average Bonchev–Trinajstić information content (AvgIpc) is 2.97. The Morgan fingerprint density at radius 3 is 3.12 bits per heavy atom. The quantitative estimate of drug-likeness (QED) is 0.783. The largest absolute Gasteiger partial charge is 0.375 e. The smallest absolute Gasteiger partial charge is 0.168 e. The summed E-state index contributed by atoms with van der Waals surface area (Å²) in [5.74, 6) is 0. The fourth-order valence-corrected chi connectivity index (χ4v) is 2.83. The summed E-state index contributed by atoms with van der Waals surface area (Å²) in [5, 5.41) is 4.11. The van der Waals surface area contributed by atoms with Gasteiger partial charge in [-0.1, -0.05) is 11.8 Å². The van der Waals surface area contributed by atoms with Crippen molar-refractivity contribution in [2.24, 2.45) is 0 Å². The van der Waals surface area contributed by atoms with E-state index in [1.165, 1.54) is 0 Å². The summed E-state index contributed by atoms with van der Waals surface area (Å²) in [6, 6.07) is 0. The Kier molecular flexibility index (Phi) is 4.20. The van der Waals surface area contributed by atoms with Gasteiger partial charge in [-0.05, 0) is 13.2 Å². The zero-order valence-electron chi connectivity index (χ0n) is 10.1. The van der Waals surface area contributed by atoms with Crippen LogP contribution in [-0.2, 0) is 11.3 Å². The standard InChI is InChI=1S/C11H15N3OS2/c1-8(15-2)10-13-9(7-17-10)6-14-5-4-12-11(14)16-3/h4-5,7-8H,6H2,1-3H3/t8-/m1/s1. The van der Waals surface area contributed by atoms with Gasteiger partial charge in [-0.15, -0.1) is 11.3 Å². The van der Waals surface area contributed by atoms with Crippen molar-refractivity contribution in [2.45, 2.75) is 24.7 Å². The minimum Gasteiger partial charge on any atom is -0.375 e. The van der Waals surface area contributed by atoms with Crippen molar-refractivity contribution in [3.63, 3.8) is 0 Å². The third-order valence-corrected chi connectivity index (χ3v) is 4.22. The molecule has 0 saturated carbocycles. The van der Waals surface area contributed by atoms with Crippen LogP contribution in [0.3, 0.4) is 0 Å². The van der Waals surface area contributed by atoms with Crippen LogP contribution in [0.1, 0.15) is 23.7 Å². The topological polar surface area (TPSA) is 39.9 Å². The van der Waals surface area contributed by atoms with E-state index in [0.717, 1.165) is 22.4 Å². The fourth-order valence-electron chi connectivity index (χ4n) is 1.46. The lowest BCUT2D eigenvalue weighted by Gasteiger charge is -2.05. The molecule has 0 radical (unpaired) electrons. The van der Waals surface area contributed by atoms with Crippen molar-refractivity contribution < 1.29 is 4.74 Å². The van der Waals surface area contributed by atoms with E-state index < -0.39 is 0 Å². The number of aromatic nitrogens is 3. The minimum atomic E-state index is 0.0663. The van der Waals surface area contributed by atoms with Crippen molar-refractivity contribution in [3.05, 3.63) is 28.5 Å². The molecule has 0 aromatic carbocycles. The molecule has 4 nitrogen and oxygen atoms in total. The number of rotatable bonds is 5. The third kappa shape index (κ3) is 2.88. The van der Waals surface area contributed by atoms with E-state index >= 15 is 0 Å².